The second-order valence-corrected chi connectivity index (χ2v) is 3.77. The van der Waals surface area contributed by atoms with Crippen LogP contribution >= 0.6 is 11.6 Å². The summed E-state index contributed by atoms with van der Waals surface area (Å²) in [5, 5.41) is 0.546. The highest BCUT2D eigenvalue weighted by Crippen LogP contribution is 2.08. The van der Waals surface area contributed by atoms with E-state index < -0.39 is 11.8 Å². The number of rotatable bonds is 3. The minimum absolute atomic E-state index is 0.403. The van der Waals surface area contributed by atoms with Crippen molar-refractivity contribution in [2.45, 2.75) is 6.92 Å². The summed E-state index contributed by atoms with van der Waals surface area (Å²) >= 11 is 5.70. The smallest absolute Gasteiger partial charge is 0.268 e. The number of allylic oxidation sites excluding steroid dienone is 3. The van der Waals surface area contributed by atoms with Gasteiger partial charge in [0.05, 0.1) is 0 Å². The normalized spacial score (nSPS) is 10.8. The molecule has 0 aliphatic heterocycles. The van der Waals surface area contributed by atoms with Crippen molar-refractivity contribution in [3.63, 3.8) is 0 Å². The van der Waals surface area contributed by atoms with E-state index in [-0.39, 0.29) is 0 Å². The van der Waals surface area contributed by atoms with E-state index in [0.29, 0.717) is 10.6 Å². The fraction of sp³-hybridized carbons (Fsp3) is 0.0769. The molecule has 0 saturated heterocycles. The first kappa shape index (κ1) is 14.0. The number of hydrazine groups is 1. The summed E-state index contributed by atoms with van der Waals surface area (Å²) in [5.74, 6) is -0.810. The fourth-order valence-electron chi connectivity index (χ4n) is 1.09. The zero-order valence-corrected chi connectivity index (χ0v) is 10.6. The monoisotopic (exact) mass is 264 g/mol. The van der Waals surface area contributed by atoms with Crippen molar-refractivity contribution >= 4 is 23.4 Å². The van der Waals surface area contributed by atoms with Crippen LogP contribution in [0.3, 0.4) is 0 Å². The lowest BCUT2D eigenvalue weighted by atomic mass is 10.2. The van der Waals surface area contributed by atoms with Gasteiger partial charge in [0.15, 0.2) is 0 Å². The van der Waals surface area contributed by atoms with Crippen LogP contribution in [0.2, 0.25) is 5.02 Å². The summed E-state index contributed by atoms with van der Waals surface area (Å²) in [7, 11) is 0. The van der Waals surface area contributed by atoms with Crippen LogP contribution in [-0.4, -0.2) is 11.8 Å². The first-order valence-electron chi connectivity index (χ1n) is 5.28. The molecule has 0 spiro atoms. The zero-order chi connectivity index (χ0) is 13.4. The van der Waals surface area contributed by atoms with E-state index in [4.69, 9.17) is 11.6 Å². The molecule has 94 valence electrons. The molecule has 0 atom stereocenters. The van der Waals surface area contributed by atoms with Crippen LogP contribution in [0.1, 0.15) is 17.3 Å². The molecule has 1 aromatic carbocycles. The van der Waals surface area contributed by atoms with E-state index in [1.165, 1.54) is 6.08 Å². The molecule has 1 rings (SSSR count). The number of hydrogen-bond donors (Lipinski definition) is 2. The molecule has 1 aromatic rings. The minimum atomic E-state index is -0.407. The lowest BCUT2D eigenvalue weighted by Gasteiger charge is -2.04. The molecule has 0 saturated carbocycles. The van der Waals surface area contributed by atoms with E-state index in [0.717, 1.165) is 0 Å². The quantitative estimate of drug-likeness (QED) is 0.500. The molecule has 4 nitrogen and oxygen atoms in total. The molecule has 0 aromatic heterocycles. The summed E-state index contributed by atoms with van der Waals surface area (Å²) in [5.41, 5.74) is 4.96. The average Bonchev–Trinajstić information content (AvgIpc) is 2.37. The molecule has 0 bridgehead atoms. The maximum Gasteiger partial charge on any atom is 0.269 e. The number of halogens is 1. The van der Waals surface area contributed by atoms with Gasteiger partial charge in [-0.25, -0.2) is 0 Å². The van der Waals surface area contributed by atoms with Crippen molar-refractivity contribution < 1.29 is 9.59 Å². The molecule has 2 amide bonds. The molecule has 0 fully saturated rings. The van der Waals surface area contributed by atoms with Gasteiger partial charge in [-0.1, -0.05) is 29.8 Å². The third-order valence-corrected chi connectivity index (χ3v) is 2.21. The number of amides is 2. The number of carbonyl (C=O) groups excluding carboxylic acids is 2. The first-order valence-corrected chi connectivity index (χ1v) is 5.66. The Bertz CT molecular complexity index is 478. The zero-order valence-electron chi connectivity index (χ0n) is 9.81. The van der Waals surface area contributed by atoms with Crippen molar-refractivity contribution in [3.8, 4) is 0 Å². The third-order valence-electron chi connectivity index (χ3n) is 1.96. The predicted molar refractivity (Wildman–Crippen MR) is 71.0 cm³/mol. The van der Waals surface area contributed by atoms with E-state index >= 15 is 0 Å². The van der Waals surface area contributed by atoms with Gasteiger partial charge in [-0.3, -0.25) is 20.4 Å². The summed E-state index contributed by atoms with van der Waals surface area (Å²) in [4.78, 5) is 22.8. The van der Waals surface area contributed by atoms with Gasteiger partial charge in [0.25, 0.3) is 11.8 Å². The van der Waals surface area contributed by atoms with Crippen LogP contribution in [0.25, 0.3) is 0 Å². The van der Waals surface area contributed by atoms with E-state index in [1.54, 1.807) is 42.5 Å². The Balaban J connectivity index is 2.46. The SMILES string of the molecule is C/C=C/C=C/C(=O)NNC(=O)c1ccc(Cl)cc1. The van der Waals surface area contributed by atoms with Crippen molar-refractivity contribution in [1.82, 2.24) is 10.9 Å². The molecule has 18 heavy (non-hydrogen) atoms. The largest absolute Gasteiger partial charge is 0.269 e. The molecule has 0 aliphatic rings. The second kappa shape index (κ2) is 7.29. The van der Waals surface area contributed by atoms with Crippen molar-refractivity contribution in [3.05, 3.63) is 59.2 Å². The Morgan fingerprint density at radius 3 is 2.39 bits per heavy atom. The Kier molecular flexibility index (Phi) is 5.67. The Hall–Kier alpha value is -2.07. The topological polar surface area (TPSA) is 58.2 Å². The van der Waals surface area contributed by atoms with Gasteiger partial charge in [0, 0.05) is 16.7 Å². The van der Waals surface area contributed by atoms with Crippen LogP contribution in [0.4, 0.5) is 0 Å². The molecule has 0 aliphatic carbocycles. The van der Waals surface area contributed by atoms with Crippen molar-refractivity contribution in [2.75, 3.05) is 0 Å². The first-order chi connectivity index (χ1) is 8.63. The van der Waals surface area contributed by atoms with Gasteiger partial charge in [0.1, 0.15) is 0 Å². The van der Waals surface area contributed by atoms with Crippen LogP contribution < -0.4 is 10.9 Å². The molecule has 0 radical (unpaired) electrons. The standard InChI is InChI=1S/C13H13ClN2O2/c1-2-3-4-5-12(17)15-16-13(18)10-6-8-11(14)9-7-10/h2-9H,1H3,(H,15,17)(H,16,18)/b3-2+,5-4+. The van der Waals surface area contributed by atoms with Crippen LogP contribution in [0.15, 0.2) is 48.6 Å². The highest BCUT2D eigenvalue weighted by Gasteiger charge is 2.05. The molecule has 0 unspecified atom stereocenters. The average molecular weight is 265 g/mol. The summed E-state index contributed by atoms with van der Waals surface area (Å²) in [6.45, 7) is 1.84. The highest BCUT2D eigenvalue weighted by atomic mass is 35.5. The Morgan fingerprint density at radius 1 is 1.11 bits per heavy atom. The highest BCUT2D eigenvalue weighted by molar-refractivity contribution is 6.30. The van der Waals surface area contributed by atoms with Gasteiger partial charge in [-0.15, -0.1) is 0 Å². The lowest BCUT2D eigenvalue weighted by Crippen LogP contribution is -2.40. The Morgan fingerprint density at radius 2 is 1.78 bits per heavy atom. The number of benzene rings is 1. The lowest BCUT2D eigenvalue weighted by molar-refractivity contribution is -0.117. The van der Waals surface area contributed by atoms with Crippen LogP contribution in [0.5, 0.6) is 0 Å². The minimum Gasteiger partial charge on any atom is -0.268 e. The number of nitrogens with one attached hydrogen (secondary N) is 2. The van der Waals surface area contributed by atoms with E-state index in [2.05, 4.69) is 10.9 Å². The van der Waals surface area contributed by atoms with Crippen molar-refractivity contribution in [2.24, 2.45) is 0 Å². The molecule has 2 N–H and O–H groups in total. The molecular weight excluding hydrogens is 252 g/mol. The summed E-state index contributed by atoms with van der Waals surface area (Å²) < 4.78 is 0. The van der Waals surface area contributed by atoms with Gasteiger partial charge in [-0.2, -0.15) is 0 Å². The predicted octanol–water partition coefficient (Wildman–Crippen LogP) is 2.23. The maximum absolute atomic E-state index is 11.6. The molecule has 5 heteroatoms. The van der Waals surface area contributed by atoms with Gasteiger partial charge in [0.2, 0.25) is 0 Å². The van der Waals surface area contributed by atoms with Crippen LogP contribution in [0, 0.1) is 0 Å². The Labute approximate surface area is 110 Å². The molecular formula is C13H13ClN2O2. The van der Waals surface area contributed by atoms with E-state index in [1.807, 2.05) is 6.92 Å². The van der Waals surface area contributed by atoms with E-state index in [9.17, 15) is 9.59 Å². The second-order valence-electron chi connectivity index (χ2n) is 3.34. The van der Waals surface area contributed by atoms with Crippen molar-refractivity contribution in [1.29, 1.82) is 0 Å². The fourth-order valence-corrected chi connectivity index (χ4v) is 1.21. The summed E-state index contributed by atoms with van der Waals surface area (Å²) in [6, 6.07) is 6.34. The number of hydrogen-bond acceptors (Lipinski definition) is 2. The maximum atomic E-state index is 11.6. The van der Waals surface area contributed by atoms with Crippen LogP contribution in [-0.2, 0) is 4.79 Å². The van der Waals surface area contributed by atoms with Gasteiger partial charge >= 0.3 is 0 Å². The van der Waals surface area contributed by atoms with Gasteiger partial charge in [-0.05, 0) is 31.2 Å². The molecule has 0 heterocycles. The third kappa shape index (κ3) is 4.84. The summed E-state index contributed by atoms with van der Waals surface area (Å²) in [6.07, 6.45) is 6.38. The number of carbonyl (C=O) groups is 2. The van der Waals surface area contributed by atoms with Gasteiger partial charge < -0.3 is 0 Å².